The molecular formula is C31H45N5O5. The number of fused-ring (bicyclic) bond motifs is 1. The van der Waals surface area contributed by atoms with E-state index in [1.165, 1.54) is 6.26 Å². The van der Waals surface area contributed by atoms with E-state index in [1.807, 2.05) is 52.2 Å². The van der Waals surface area contributed by atoms with Crippen molar-refractivity contribution < 1.29 is 19.1 Å². The number of ether oxygens (including phenoxy) is 1. The summed E-state index contributed by atoms with van der Waals surface area (Å²) < 4.78 is 14.5. The molecule has 3 heterocycles. The quantitative estimate of drug-likeness (QED) is 0.272. The molecule has 0 atom stereocenters. The SMILES string of the molecule is CCCC(O)CCC.COc1ccccc1CCc1cn(C(C)(C)C)c(=O)c2c1nc(-c1ncco1)n2C.NC=O. The van der Waals surface area contributed by atoms with Crippen LogP contribution in [0.4, 0.5) is 0 Å². The Bertz CT molecular complexity index is 1410. The number of methoxy groups -OCH3 is 1. The summed E-state index contributed by atoms with van der Waals surface area (Å²) in [5, 5.41) is 9.05. The van der Waals surface area contributed by atoms with Crippen molar-refractivity contribution in [2.75, 3.05) is 7.11 Å². The lowest BCUT2D eigenvalue weighted by atomic mass is 10.0. The highest BCUT2D eigenvalue weighted by atomic mass is 16.5. The van der Waals surface area contributed by atoms with Gasteiger partial charge in [-0.3, -0.25) is 9.59 Å². The maximum Gasteiger partial charge on any atom is 0.277 e. The first-order valence-corrected chi connectivity index (χ1v) is 14.0. The summed E-state index contributed by atoms with van der Waals surface area (Å²) in [6.07, 6.45) is 10.8. The first kappa shape index (κ1) is 33.3. The third-order valence-electron chi connectivity index (χ3n) is 6.55. The maximum absolute atomic E-state index is 13.3. The number of carbonyl (C=O) groups is 1. The molecule has 10 nitrogen and oxygen atoms in total. The molecule has 3 aromatic heterocycles. The number of aliphatic hydroxyl groups is 1. The summed E-state index contributed by atoms with van der Waals surface area (Å²) in [6.45, 7) is 10.3. The molecule has 1 amide bonds. The molecular weight excluding hydrogens is 522 g/mol. The van der Waals surface area contributed by atoms with Gasteiger partial charge in [0.1, 0.15) is 17.5 Å². The molecule has 1 aromatic carbocycles. The number of amides is 1. The lowest BCUT2D eigenvalue weighted by Crippen LogP contribution is -2.34. The fourth-order valence-corrected chi connectivity index (χ4v) is 4.55. The summed E-state index contributed by atoms with van der Waals surface area (Å²) in [5.74, 6) is 1.79. The summed E-state index contributed by atoms with van der Waals surface area (Å²) in [6, 6.07) is 7.99. The Morgan fingerprint density at radius 2 is 1.73 bits per heavy atom. The van der Waals surface area contributed by atoms with Crippen LogP contribution in [0.5, 0.6) is 5.75 Å². The summed E-state index contributed by atoms with van der Waals surface area (Å²) >= 11 is 0. The molecule has 0 bridgehead atoms. The largest absolute Gasteiger partial charge is 0.496 e. The van der Waals surface area contributed by atoms with Gasteiger partial charge in [0.15, 0.2) is 5.82 Å². The molecule has 0 saturated carbocycles. The number of imidazole rings is 1. The zero-order chi connectivity index (χ0) is 30.6. The molecule has 0 saturated heterocycles. The Kier molecular flexibility index (Phi) is 12.8. The van der Waals surface area contributed by atoms with Crippen molar-refractivity contribution in [1.29, 1.82) is 0 Å². The first-order valence-electron chi connectivity index (χ1n) is 14.0. The fourth-order valence-electron chi connectivity index (χ4n) is 4.55. The van der Waals surface area contributed by atoms with E-state index in [1.54, 1.807) is 22.4 Å². The van der Waals surface area contributed by atoms with Crippen molar-refractivity contribution in [2.45, 2.75) is 84.8 Å². The molecule has 0 radical (unpaired) electrons. The van der Waals surface area contributed by atoms with Crippen LogP contribution in [-0.4, -0.2) is 43.8 Å². The summed E-state index contributed by atoms with van der Waals surface area (Å²) in [5.41, 5.74) is 7.08. The number of carbonyl (C=O) groups excluding carboxylic acids is 1. The lowest BCUT2D eigenvalue weighted by Gasteiger charge is -2.23. The molecule has 0 aliphatic carbocycles. The topological polar surface area (TPSA) is 138 Å². The van der Waals surface area contributed by atoms with Crippen LogP contribution in [0, 0.1) is 0 Å². The molecule has 0 aliphatic rings. The lowest BCUT2D eigenvalue weighted by molar-refractivity contribution is -0.106. The Balaban J connectivity index is 0.000000457. The van der Waals surface area contributed by atoms with Gasteiger partial charge in [0.25, 0.3) is 11.4 Å². The van der Waals surface area contributed by atoms with Crippen LogP contribution in [0.15, 0.2) is 52.1 Å². The number of oxazole rings is 1. The fraction of sp³-hybridized carbons (Fsp3) is 0.484. The molecule has 10 heteroatoms. The van der Waals surface area contributed by atoms with Crippen molar-refractivity contribution in [3.8, 4) is 17.5 Å². The second kappa shape index (κ2) is 15.8. The third kappa shape index (κ3) is 8.78. The van der Waals surface area contributed by atoms with Gasteiger partial charge in [0.2, 0.25) is 6.41 Å². The number of nitrogens with zero attached hydrogens (tertiary/aromatic N) is 4. The van der Waals surface area contributed by atoms with E-state index in [4.69, 9.17) is 24.0 Å². The monoisotopic (exact) mass is 567 g/mol. The molecule has 0 unspecified atom stereocenters. The van der Waals surface area contributed by atoms with E-state index in [9.17, 15) is 4.79 Å². The summed E-state index contributed by atoms with van der Waals surface area (Å²) in [7, 11) is 3.51. The van der Waals surface area contributed by atoms with Gasteiger partial charge in [-0.1, -0.05) is 44.9 Å². The van der Waals surface area contributed by atoms with Crippen LogP contribution in [0.2, 0.25) is 0 Å². The molecule has 41 heavy (non-hydrogen) atoms. The van der Waals surface area contributed by atoms with Crippen molar-refractivity contribution in [3.05, 3.63) is 64.4 Å². The van der Waals surface area contributed by atoms with Gasteiger partial charge in [-0.05, 0) is 63.6 Å². The average Bonchev–Trinajstić information content (AvgIpc) is 3.57. The van der Waals surface area contributed by atoms with Gasteiger partial charge in [0.05, 0.1) is 24.9 Å². The number of pyridine rings is 1. The number of para-hydroxylation sites is 1. The molecule has 0 spiro atoms. The molecule has 4 aromatic rings. The number of primary amides is 1. The predicted molar refractivity (Wildman–Crippen MR) is 162 cm³/mol. The highest BCUT2D eigenvalue weighted by Gasteiger charge is 2.24. The zero-order valence-corrected chi connectivity index (χ0v) is 25.4. The number of hydrogen-bond acceptors (Lipinski definition) is 7. The maximum atomic E-state index is 13.3. The van der Waals surface area contributed by atoms with E-state index >= 15 is 0 Å². The smallest absolute Gasteiger partial charge is 0.277 e. The van der Waals surface area contributed by atoms with Gasteiger partial charge < -0.3 is 29.1 Å². The Morgan fingerprint density at radius 1 is 1.12 bits per heavy atom. The molecule has 3 N–H and O–H groups in total. The molecule has 4 rings (SSSR count). The predicted octanol–water partition coefficient (Wildman–Crippen LogP) is 4.99. The third-order valence-corrected chi connectivity index (χ3v) is 6.55. The molecule has 0 fully saturated rings. The van der Waals surface area contributed by atoms with Crippen molar-refractivity contribution in [3.63, 3.8) is 0 Å². The minimum atomic E-state index is -0.363. The second-order valence-electron chi connectivity index (χ2n) is 10.7. The van der Waals surface area contributed by atoms with E-state index in [0.717, 1.165) is 55.4 Å². The van der Waals surface area contributed by atoms with Gasteiger partial charge in [-0.25, -0.2) is 9.97 Å². The minimum absolute atomic E-state index is 0.0370. The first-order chi connectivity index (χ1) is 19.5. The zero-order valence-electron chi connectivity index (χ0n) is 25.4. The van der Waals surface area contributed by atoms with Crippen LogP contribution >= 0.6 is 0 Å². The number of benzene rings is 1. The normalized spacial score (nSPS) is 11.0. The van der Waals surface area contributed by atoms with Crippen LogP contribution in [-0.2, 0) is 30.2 Å². The van der Waals surface area contributed by atoms with Crippen LogP contribution in [0.3, 0.4) is 0 Å². The van der Waals surface area contributed by atoms with Gasteiger partial charge in [-0.15, -0.1) is 0 Å². The number of hydrogen-bond donors (Lipinski definition) is 2. The Labute approximate surface area is 242 Å². The second-order valence-corrected chi connectivity index (χ2v) is 10.7. The van der Waals surface area contributed by atoms with Crippen molar-refractivity contribution >= 4 is 17.4 Å². The van der Waals surface area contributed by atoms with E-state index < -0.39 is 0 Å². The van der Waals surface area contributed by atoms with E-state index in [-0.39, 0.29) is 23.6 Å². The number of aliphatic hydroxyl groups excluding tert-OH is 1. The van der Waals surface area contributed by atoms with E-state index in [0.29, 0.717) is 22.7 Å². The van der Waals surface area contributed by atoms with Crippen molar-refractivity contribution in [2.24, 2.45) is 12.8 Å². The van der Waals surface area contributed by atoms with Gasteiger partial charge >= 0.3 is 0 Å². The summed E-state index contributed by atoms with van der Waals surface area (Å²) in [4.78, 5) is 30.9. The highest BCUT2D eigenvalue weighted by molar-refractivity contribution is 5.81. The van der Waals surface area contributed by atoms with Crippen molar-refractivity contribution in [1.82, 2.24) is 19.1 Å². The van der Waals surface area contributed by atoms with Crippen LogP contribution in [0.25, 0.3) is 22.7 Å². The number of rotatable bonds is 9. The van der Waals surface area contributed by atoms with E-state index in [2.05, 4.69) is 30.6 Å². The Hall–Kier alpha value is -3.92. The highest BCUT2D eigenvalue weighted by Crippen LogP contribution is 2.27. The van der Waals surface area contributed by atoms with Crippen LogP contribution in [0.1, 0.15) is 71.4 Å². The number of aromatic nitrogens is 4. The average molecular weight is 568 g/mol. The number of nitrogens with two attached hydrogens (primary N) is 1. The molecule has 0 aliphatic heterocycles. The molecule has 224 valence electrons. The standard InChI is InChI=1S/C23H26N4O3.C7H16O.CH3NO/c1-23(2,3)27-14-16(11-10-15-8-6-7-9-17(15)29-5)18-19(22(27)28)26(4)20(25-18)21-24-12-13-30-21;1-3-5-7(8)6-4-2;2-1-3/h6-9,12-14H,10-11H2,1-5H3;7-8H,3-6H2,1-2H3;1H,(H2,2,3). The Morgan fingerprint density at radius 3 is 2.27 bits per heavy atom. The number of aryl methyl sites for hydroxylation is 3. The van der Waals surface area contributed by atoms with Gasteiger partial charge in [0, 0.05) is 18.8 Å². The van der Waals surface area contributed by atoms with Crippen LogP contribution < -0.4 is 16.0 Å². The minimum Gasteiger partial charge on any atom is -0.496 e. The van der Waals surface area contributed by atoms with Gasteiger partial charge in [-0.2, -0.15) is 0 Å².